The maximum Gasteiger partial charge on any atom is 0.329 e. The molecule has 1 aliphatic carbocycles. The van der Waals surface area contributed by atoms with E-state index in [1.165, 1.54) is 12.1 Å². The summed E-state index contributed by atoms with van der Waals surface area (Å²) in [4.78, 5) is 24.1. The predicted octanol–water partition coefficient (Wildman–Crippen LogP) is 1.47. The molecule has 1 aliphatic rings. The quantitative estimate of drug-likeness (QED) is 0.754. The van der Waals surface area contributed by atoms with Crippen LogP contribution in [-0.4, -0.2) is 30.9 Å². The van der Waals surface area contributed by atoms with Crippen LogP contribution in [0.3, 0.4) is 0 Å². The number of carboxylic acids is 1. The fourth-order valence-electron chi connectivity index (χ4n) is 3.09. The van der Waals surface area contributed by atoms with Gasteiger partial charge in [-0.15, -0.1) is 0 Å². The Hall–Kier alpha value is -1.93. The molecule has 1 aromatic carbocycles. The molecule has 0 unspecified atom stereocenters. The first kappa shape index (κ1) is 18.4. The first-order valence-electron chi connectivity index (χ1n) is 7.77. The number of carbonyl (C=O) groups is 2. The number of sulfonamides is 1. The second-order valence-electron chi connectivity index (χ2n) is 6.36. The van der Waals surface area contributed by atoms with Crippen molar-refractivity contribution < 1.29 is 23.1 Å². The summed E-state index contributed by atoms with van der Waals surface area (Å²) in [5.41, 5.74) is -0.136. The number of rotatable bonds is 4. The molecule has 0 aliphatic heterocycles. The van der Waals surface area contributed by atoms with Gasteiger partial charge in [-0.3, -0.25) is 4.79 Å². The van der Waals surface area contributed by atoms with Gasteiger partial charge < -0.3 is 10.4 Å². The topological polar surface area (TPSA) is 127 Å². The monoisotopic (exact) mass is 354 g/mol. The van der Waals surface area contributed by atoms with Gasteiger partial charge in [0.05, 0.1) is 4.90 Å². The van der Waals surface area contributed by atoms with Crippen LogP contribution in [0.25, 0.3) is 0 Å². The van der Waals surface area contributed by atoms with E-state index in [0.717, 1.165) is 19.3 Å². The third-order valence-corrected chi connectivity index (χ3v) is 5.69. The highest BCUT2D eigenvalue weighted by Gasteiger charge is 2.41. The molecule has 1 fully saturated rings. The van der Waals surface area contributed by atoms with Crippen molar-refractivity contribution in [2.45, 2.75) is 56.4 Å². The van der Waals surface area contributed by atoms with Crippen LogP contribution in [0.5, 0.6) is 0 Å². The molecule has 0 radical (unpaired) electrons. The normalized spacial score (nSPS) is 17.3. The second-order valence-corrected chi connectivity index (χ2v) is 7.89. The number of nitrogens with one attached hydrogen (secondary N) is 1. The second kappa shape index (κ2) is 6.52. The number of nitrogens with two attached hydrogens (primary N) is 1. The summed E-state index contributed by atoms with van der Waals surface area (Å²) in [5.74, 6) is -1.67. The molecule has 132 valence electrons. The van der Waals surface area contributed by atoms with Crippen molar-refractivity contribution in [3.05, 3.63) is 28.8 Å². The maximum absolute atomic E-state index is 12.6. The van der Waals surface area contributed by atoms with Crippen molar-refractivity contribution in [1.29, 1.82) is 0 Å². The minimum absolute atomic E-state index is 0.0910. The highest BCUT2D eigenvalue weighted by atomic mass is 32.2. The molecule has 0 bridgehead atoms. The summed E-state index contributed by atoms with van der Waals surface area (Å²) in [6.45, 7) is 3.28. The first-order chi connectivity index (χ1) is 11.1. The molecule has 0 spiro atoms. The number of amides is 1. The van der Waals surface area contributed by atoms with Crippen LogP contribution in [0.4, 0.5) is 0 Å². The maximum atomic E-state index is 12.6. The molecule has 8 heteroatoms. The van der Waals surface area contributed by atoms with Crippen molar-refractivity contribution in [3.8, 4) is 0 Å². The lowest BCUT2D eigenvalue weighted by Gasteiger charge is -2.34. The van der Waals surface area contributed by atoms with Crippen LogP contribution >= 0.6 is 0 Å². The molecule has 2 rings (SSSR count). The van der Waals surface area contributed by atoms with Gasteiger partial charge in [0.2, 0.25) is 10.0 Å². The van der Waals surface area contributed by atoms with Crippen molar-refractivity contribution in [2.75, 3.05) is 0 Å². The summed E-state index contributed by atoms with van der Waals surface area (Å²) in [6.07, 6.45) is 3.11. The molecular weight excluding hydrogens is 332 g/mol. The lowest BCUT2D eigenvalue weighted by atomic mass is 9.81. The van der Waals surface area contributed by atoms with E-state index in [0.29, 0.717) is 24.0 Å². The largest absolute Gasteiger partial charge is 0.480 e. The Morgan fingerprint density at radius 2 is 1.75 bits per heavy atom. The fraction of sp³-hybridized carbons (Fsp3) is 0.500. The smallest absolute Gasteiger partial charge is 0.329 e. The van der Waals surface area contributed by atoms with Gasteiger partial charge in [0, 0.05) is 5.56 Å². The van der Waals surface area contributed by atoms with Gasteiger partial charge in [-0.2, -0.15) is 0 Å². The van der Waals surface area contributed by atoms with Crippen LogP contribution in [-0.2, 0) is 14.8 Å². The van der Waals surface area contributed by atoms with E-state index >= 15 is 0 Å². The summed E-state index contributed by atoms with van der Waals surface area (Å²) in [5, 5.41) is 17.3. The Morgan fingerprint density at radius 3 is 2.25 bits per heavy atom. The highest BCUT2D eigenvalue weighted by Crippen LogP contribution is 2.29. The zero-order valence-electron chi connectivity index (χ0n) is 13.8. The summed E-state index contributed by atoms with van der Waals surface area (Å²) >= 11 is 0. The molecule has 0 aromatic heterocycles. The third-order valence-electron chi connectivity index (χ3n) is 4.66. The van der Waals surface area contributed by atoms with Crippen molar-refractivity contribution in [2.24, 2.45) is 5.14 Å². The van der Waals surface area contributed by atoms with Crippen molar-refractivity contribution in [1.82, 2.24) is 5.32 Å². The lowest BCUT2D eigenvalue weighted by molar-refractivity contribution is -0.145. The van der Waals surface area contributed by atoms with Crippen molar-refractivity contribution >= 4 is 21.9 Å². The van der Waals surface area contributed by atoms with Gasteiger partial charge in [-0.05, 0) is 49.9 Å². The lowest BCUT2D eigenvalue weighted by Crippen LogP contribution is -2.55. The van der Waals surface area contributed by atoms with E-state index < -0.39 is 27.4 Å². The molecule has 1 aromatic rings. The van der Waals surface area contributed by atoms with E-state index in [9.17, 15) is 23.1 Å². The van der Waals surface area contributed by atoms with Gasteiger partial charge in [0.1, 0.15) is 5.54 Å². The average molecular weight is 354 g/mol. The molecule has 0 saturated heterocycles. The van der Waals surface area contributed by atoms with E-state index in [1.54, 1.807) is 13.8 Å². The predicted molar refractivity (Wildman–Crippen MR) is 88.2 cm³/mol. The van der Waals surface area contributed by atoms with Gasteiger partial charge in [0.15, 0.2) is 0 Å². The molecule has 4 N–H and O–H groups in total. The van der Waals surface area contributed by atoms with Crippen molar-refractivity contribution in [3.63, 3.8) is 0 Å². The van der Waals surface area contributed by atoms with Crippen LogP contribution < -0.4 is 10.5 Å². The van der Waals surface area contributed by atoms with Gasteiger partial charge >= 0.3 is 5.97 Å². The molecular formula is C16H22N2O5S. The number of primary sulfonamides is 1. The molecule has 7 nitrogen and oxygen atoms in total. The van der Waals surface area contributed by atoms with Gasteiger partial charge in [-0.1, -0.05) is 19.3 Å². The Labute approximate surface area is 141 Å². The molecule has 24 heavy (non-hydrogen) atoms. The molecule has 1 saturated carbocycles. The summed E-state index contributed by atoms with van der Waals surface area (Å²) < 4.78 is 23.4. The zero-order chi connectivity index (χ0) is 18.1. The van der Waals surface area contributed by atoms with E-state index in [2.05, 4.69) is 5.32 Å². The minimum atomic E-state index is -3.97. The Kier molecular flexibility index (Phi) is 5.00. The van der Waals surface area contributed by atoms with E-state index in [1.807, 2.05) is 0 Å². The first-order valence-corrected chi connectivity index (χ1v) is 9.31. The standard InChI is InChI=1S/C16H22N2O5S/c1-10-8-12(9-13(11(10)2)24(17,22)23)14(19)18-16(15(20)21)6-4-3-5-7-16/h8-9H,3-7H2,1-2H3,(H,18,19)(H,20,21)(H2,17,22,23). The number of hydrogen-bond acceptors (Lipinski definition) is 4. The number of aliphatic carboxylic acids is 1. The van der Waals surface area contributed by atoms with Crippen LogP contribution in [0, 0.1) is 13.8 Å². The molecule has 0 heterocycles. The number of carboxylic acid groups (broad SMARTS) is 1. The third kappa shape index (κ3) is 3.59. The van der Waals surface area contributed by atoms with Crippen LogP contribution in [0.1, 0.15) is 53.6 Å². The minimum Gasteiger partial charge on any atom is -0.480 e. The molecule has 0 atom stereocenters. The Bertz CT molecular complexity index is 780. The number of hydrogen-bond donors (Lipinski definition) is 3. The summed E-state index contributed by atoms with van der Waals surface area (Å²) in [7, 11) is -3.97. The number of carbonyl (C=O) groups excluding carboxylic acids is 1. The fourth-order valence-corrected chi connectivity index (χ4v) is 3.97. The van der Waals surface area contributed by atoms with Gasteiger partial charge in [0.25, 0.3) is 5.91 Å². The van der Waals surface area contributed by atoms with E-state index in [4.69, 9.17) is 5.14 Å². The highest BCUT2D eigenvalue weighted by molar-refractivity contribution is 7.89. The molecule has 1 amide bonds. The Morgan fingerprint density at radius 1 is 1.17 bits per heavy atom. The number of aryl methyl sites for hydroxylation is 1. The number of benzene rings is 1. The van der Waals surface area contributed by atoms with Crippen LogP contribution in [0.2, 0.25) is 0 Å². The van der Waals surface area contributed by atoms with E-state index in [-0.39, 0.29) is 10.5 Å². The zero-order valence-corrected chi connectivity index (χ0v) is 14.6. The average Bonchev–Trinajstić information content (AvgIpc) is 2.49. The summed E-state index contributed by atoms with van der Waals surface area (Å²) in [6, 6.07) is 2.74. The Balaban J connectivity index is 2.39. The van der Waals surface area contributed by atoms with Crippen LogP contribution in [0.15, 0.2) is 17.0 Å². The SMILES string of the molecule is Cc1cc(C(=O)NC2(C(=O)O)CCCCC2)cc(S(N)(=O)=O)c1C. The van der Waals surface area contributed by atoms with Gasteiger partial charge in [-0.25, -0.2) is 18.4 Å².